The van der Waals surface area contributed by atoms with Crippen LogP contribution in [-0.4, -0.2) is 25.2 Å². The highest BCUT2D eigenvalue weighted by atomic mass is 79.9. The van der Waals surface area contributed by atoms with E-state index in [9.17, 15) is 4.39 Å². The number of hydrogen-bond donors (Lipinski definition) is 1. The molecule has 4 heteroatoms. The number of nitrogens with one attached hydrogen (secondary N) is 1. The second-order valence-electron chi connectivity index (χ2n) is 4.86. The van der Waals surface area contributed by atoms with Crippen LogP contribution >= 0.6 is 15.9 Å². The van der Waals surface area contributed by atoms with Gasteiger partial charge >= 0.3 is 0 Å². The van der Waals surface area contributed by atoms with Gasteiger partial charge in [0.15, 0.2) is 0 Å². The number of halogens is 2. The maximum absolute atomic E-state index is 13.2. The van der Waals surface area contributed by atoms with Crippen LogP contribution in [0.1, 0.15) is 20.3 Å². The van der Waals surface area contributed by atoms with Crippen LogP contribution in [0.3, 0.4) is 0 Å². The van der Waals surface area contributed by atoms with Gasteiger partial charge in [0.05, 0.1) is 4.47 Å². The van der Waals surface area contributed by atoms with Crippen molar-refractivity contribution in [3.8, 4) is 0 Å². The molecule has 1 saturated heterocycles. The van der Waals surface area contributed by atoms with Crippen molar-refractivity contribution in [2.75, 3.05) is 24.5 Å². The molecule has 0 bridgehead atoms. The minimum Gasteiger partial charge on any atom is -0.368 e. The van der Waals surface area contributed by atoms with Gasteiger partial charge in [0.2, 0.25) is 0 Å². The Morgan fingerprint density at radius 3 is 2.94 bits per heavy atom. The van der Waals surface area contributed by atoms with Crippen molar-refractivity contribution in [3.05, 3.63) is 28.5 Å². The van der Waals surface area contributed by atoms with Gasteiger partial charge in [-0.15, -0.1) is 0 Å². The van der Waals surface area contributed by atoms with E-state index in [-0.39, 0.29) is 11.4 Å². The summed E-state index contributed by atoms with van der Waals surface area (Å²) in [6.07, 6.45) is 1.09. The smallest absolute Gasteiger partial charge is 0.137 e. The first-order chi connectivity index (χ1) is 8.04. The van der Waals surface area contributed by atoms with Crippen LogP contribution in [0.25, 0.3) is 0 Å². The molecule has 0 aromatic heterocycles. The van der Waals surface area contributed by atoms with Gasteiger partial charge in [-0.3, -0.25) is 0 Å². The van der Waals surface area contributed by atoms with E-state index < -0.39 is 0 Å². The predicted molar refractivity (Wildman–Crippen MR) is 73.0 cm³/mol. The van der Waals surface area contributed by atoms with Crippen molar-refractivity contribution >= 4 is 21.6 Å². The standard InChI is InChI=1S/C13H18BrFN2/c1-3-13(2)9-17(7-6-16-13)10-4-5-12(15)11(14)8-10/h4-5,8,16H,3,6-7,9H2,1-2H3. The Labute approximate surface area is 110 Å². The van der Waals surface area contributed by atoms with Gasteiger partial charge in [-0.05, 0) is 47.5 Å². The lowest BCUT2D eigenvalue weighted by atomic mass is 9.95. The molecule has 1 aromatic carbocycles. The molecule has 2 rings (SSSR count). The molecule has 1 N–H and O–H groups in total. The van der Waals surface area contributed by atoms with E-state index in [0.717, 1.165) is 31.7 Å². The van der Waals surface area contributed by atoms with E-state index in [1.807, 2.05) is 12.1 Å². The van der Waals surface area contributed by atoms with Gasteiger partial charge in [0, 0.05) is 30.9 Å². The van der Waals surface area contributed by atoms with E-state index in [0.29, 0.717) is 4.47 Å². The zero-order chi connectivity index (χ0) is 12.5. The highest BCUT2D eigenvalue weighted by Crippen LogP contribution is 2.26. The lowest BCUT2D eigenvalue weighted by molar-refractivity contribution is 0.314. The zero-order valence-electron chi connectivity index (χ0n) is 10.3. The van der Waals surface area contributed by atoms with Crippen LogP contribution in [-0.2, 0) is 0 Å². The van der Waals surface area contributed by atoms with Crippen LogP contribution < -0.4 is 10.2 Å². The molecule has 1 fully saturated rings. The Balaban J connectivity index is 2.19. The zero-order valence-corrected chi connectivity index (χ0v) is 11.8. The molecule has 1 unspecified atom stereocenters. The average Bonchev–Trinajstić information content (AvgIpc) is 2.33. The second-order valence-corrected chi connectivity index (χ2v) is 5.72. The van der Waals surface area contributed by atoms with Gasteiger partial charge in [-0.1, -0.05) is 6.92 Å². The third-order valence-corrected chi connectivity index (χ3v) is 4.13. The minimum atomic E-state index is -0.206. The number of rotatable bonds is 2. The first kappa shape index (κ1) is 12.8. The number of nitrogens with zero attached hydrogens (tertiary/aromatic N) is 1. The van der Waals surface area contributed by atoms with Crippen LogP contribution in [0.5, 0.6) is 0 Å². The molecule has 94 valence electrons. The maximum Gasteiger partial charge on any atom is 0.137 e. The van der Waals surface area contributed by atoms with Crippen LogP contribution in [0.15, 0.2) is 22.7 Å². The van der Waals surface area contributed by atoms with Gasteiger partial charge in [-0.25, -0.2) is 4.39 Å². The first-order valence-corrected chi connectivity index (χ1v) is 6.78. The number of piperazine rings is 1. The fraction of sp³-hybridized carbons (Fsp3) is 0.538. The van der Waals surface area contributed by atoms with E-state index in [2.05, 4.69) is 40.0 Å². The van der Waals surface area contributed by atoms with E-state index in [1.165, 1.54) is 6.07 Å². The Morgan fingerprint density at radius 2 is 2.29 bits per heavy atom. The van der Waals surface area contributed by atoms with Crippen molar-refractivity contribution in [3.63, 3.8) is 0 Å². The molecule has 1 heterocycles. The molecule has 17 heavy (non-hydrogen) atoms. The molecule has 1 aliphatic rings. The van der Waals surface area contributed by atoms with Crippen LogP contribution in [0, 0.1) is 5.82 Å². The summed E-state index contributed by atoms with van der Waals surface area (Å²) in [6, 6.07) is 5.23. The number of anilines is 1. The van der Waals surface area contributed by atoms with Gasteiger partial charge in [0.25, 0.3) is 0 Å². The third-order valence-electron chi connectivity index (χ3n) is 3.52. The van der Waals surface area contributed by atoms with Crippen LogP contribution in [0.4, 0.5) is 10.1 Å². The Bertz CT molecular complexity index is 410. The summed E-state index contributed by atoms with van der Waals surface area (Å²) in [6.45, 7) is 7.32. The van der Waals surface area contributed by atoms with E-state index >= 15 is 0 Å². The summed E-state index contributed by atoms with van der Waals surface area (Å²) in [5.74, 6) is -0.206. The van der Waals surface area contributed by atoms with E-state index in [1.54, 1.807) is 0 Å². The Morgan fingerprint density at radius 1 is 1.53 bits per heavy atom. The van der Waals surface area contributed by atoms with Crippen molar-refractivity contribution < 1.29 is 4.39 Å². The van der Waals surface area contributed by atoms with Crippen LogP contribution in [0.2, 0.25) is 0 Å². The molecule has 0 saturated carbocycles. The summed E-state index contributed by atoms with van der Waals surface area (Å²) in [5.41, 5.74) is 1.23. The van der Waals surface area contributed by atoms with Crippen molar-refractivity contribution in [2.45, 2.75) is 25.8 Å². The number of benzene rings is 1. The first-order valence-electron chi connectivity index (χ1n) is 5.99. The summed E-state index contributed by atoms with van der Waals surface area (Å²) in [4.78, 5) is 2.31. The van der Waals surface area contributed by atoms with Gasteiger partial charge in [0.1, 0.15) is 5.82 Å². The molecule has 1 atom stereocenters. The minimum absolute atomic E-state index is 0.152. The van der Waals surface area contributed by atoms with Crippen molar-refractivity contribution in [1.29, 1.82) is 0 Å². The Kier molecular flexibility index (Phi) is 3.73. The highest BCUT2D eigenvalue weighted by Gasteiger charge is 2.28. The average molecular weight is 301 g/mol. The summed E-state index contributed by atoms with van der Waals surface area (Å²) in [7, 11) is 0. The van der Waals surface area contributed by atoms with Crippen molar-refractivity contribution in [2.24, 2.45) is 0 Å². The summed E-state index contributed by atoms with van der Waals surface area (Å²) in [5, 5.41) is 3.54. The molecule has 1 aromatic rings. The summed E-state index contributed by atoms with van der Waals surface area (Å²) < 4.78 is 13.7. The fourth-order valence-electron chi connectivity index (χ4n) is 2.19. The molecule has 0 amide bonds. The molecule has 2 nitrogen and oxygen atoms in total. The predicted octanol–water partition coefficient (Wildman–Crippen LogP) is 3.17. The highest BCUT2D eigenvalue weighted by molar-refractivity contribution is 9.10. The third kappa shape index (κ3) is 2.80. The molecule has 1 aliphatic heterocycles. The van der Waals surface area contributed by atoms with Crippen molar-refractivity contribution in [1.82, 2.24) is 5.32 Å². The largest absolute Gasteiger partial charge is 0.368 e. The molecule has 0 aliphatic carbocycles. The molecule has 0 spiro atoms. The monoisotopic (exact) mass is 300 g/mol. The van der Waals surface area contributed by atoms with Gasteiger partial charge < -0.3 is 10.2 Å². The van der Waals surface area contributed by atoms with Gasteiger partial charge in [-0.2, -0.15) is 0 Å². The quantitative estimate of drug-likeness (QED) is 0.902. The SMILES string of the molecule is CCC1(C)CN(c2ccc(F)c(Br)c2)CCN1. The molecule has 0 radical (unpaired) electrons. The lowest BCUT2D eigenvalue weighted by Crippen LogP contribution is -2.58. The summed E-state index contributed by atoms with van der Waals surface area (Å²) >= 11 is 3.24. The molecular formula is C13H18BrFN2. The second kappa shape index (κ2) is 4.94. The molecular weight excluding hydrogens is 283 g/mol. The number of hydrogen-bond acceptors (Lipinski definition) is 2. The fourth-order valence-corrected chi connectivity index (χ4v) is 2.55. The van der Waals surface area contributed by atoms with E-state index in [4.69, 9.17) is 0 Å². The Hall–Kier alpha value is -0.610. The topological polar surface area (TPSA) is 15.3 Å². The maximum atomic E-state index is 13.2. The lowest BCUT2D eigenvalue weighted by Gasteiger charge is -2.42. The normalized spacial score (nSPS) is 25.1.